The third-order valence-corrected chi connectivity index (χ3v) is 3.46. The van der Waals surface area contributed by atoms with Gasteiger partial charge in [0.15, 0.2) is 0 Å². The first-order chi connectivity index (χ1) is 10.1. The Morgan fingerprint density at radius 1 is 1.19 bits per heavy atom. The zero-order valence-electron chi connectivity index (χ0n) is 11.0. The topological polar surface area (TPSA) is 48.1 Å². The Labute approximate surface area is 126 Å². The van der Waals surface area contributed by atoms with E-state index in [0.29, 0.717) is 18.0 Å². The summed E-state index contributed by atoms with van der Waals surface area (Å²) in [4.78, 5) is 4.34. The van der Waals surface area contributed by atoms with E-state index in [1.807, 2.05) is 24.3 Å². The van der Waals surface area contributed by atoms with Crippen LogP contribution >= 0.6 is 11.6 Å². The molecule has 2 aromatic carbocycles. The molecule has 3 rings (SSSR count). The summed E-state index contributed by atoms with van der Waals surface area (Å²) in [6, 6.07) is 11.7. The summed E-state index contributed by atoms with van der Waals surface area (Å²) in [5, 5.41) is 0.920. The maximum atomic E-state index is 13.1. The number of benzene rings is 2. The molecule has 0 saturated heterocycles. The number of halogens is 2. The Hall–Kier alpha value is -2.33. The first kappa shape index (κ1) is 13.6. The molecular formula is C16H12ClFN2O. The molecule has 0 atom stereocenters. The van der Waals surface area contributed by atoms with Gasteiger partial charge in [-0.3, -0.25) is 4.98 Å². The monoisotopic (exact) mass is 302 g/mol. The fraction of sp³-hybridized carbons (Fsp3) is 0.0625. The summed E-state index contributed by atoms with van der Waals surface area (Å²) in [6.45, 7) is 0.301. The van der Waals surface area contributed by atoms with Gasteiger partial charge in [-0.15, -0.1) is 0 Å². The van der Waals surface area contributed by atoms with Gasteiger partial charge in [0.25, 0.3) is 0 Å². The number of pyridine rings is 1. The second kappa shape index (κ2) is 5.58. The number of ether oxygens (including phenoxy) is 1. The Balaban J connectivity index is 1.88. The highest BCUT2D eigenvalue weighted by molar-refractivity contribution is 6.30. The summed E-state index contributed by atoms with van der Waals surface area (Å²) in [5.41, 5.74) is 8.30. The number of fused-ring (bicyclic) bond motifs is 1. The van der Waals surface area contributed by atoms with Crippen LogP contribution in [-0.4, -0.2) is 4.98 Å². The lowest BCUT2D eigenvalue weighted by atomic mass is 10.1. The van der Waals surface area contributed by atoms with Gasteiger partial charge in [0.2, 0.25) is 0 Å². The zero-order chi connectivity index (χ0) is 14.8. The molecule has 0 aliphatic carbocycles. The number of hydrogen-bond acceptors (Lipinski definition) is 3. The molecular weight excluding hydrogens is 291 g/mol. The quantitative estimate of drug-likeness (QED) is 0.738. The largest absolute Gasteiger partial charge is 0.489 e. The van der Waals surface area contributed by atoms with Crippen LogP contribution in [-0.2, 0) is 6.61 Å². The lowest BCUT2D eigenvalue weighted by Crippen LogP contribution is -1.99. The molecule has 0 radical (unpaired) electrons. The van der Waals surface area contributed by atoms with Crippen LogP contribution in [0.15, 0.2) is 48.7 Å². The number of nitrogen functional groups attached to an aromatic ring is 1. The summed E-state index contributed by atoms with van der Waals surface area (Å²) >= 11 is 5.73. The third-order valence-electron chi connectivity index (χ3n) is 3.17. The van der Waals surface area contributed by atoms with Gasteiger partial charge in [-0.1, -0.05) is 17.7 Å². The highest BCUT2D eigenvalue weighted by Gasteiger charge is 2.07. The van der Waals surface area contributed by atoms with Crippen LogP contribution in [0.1, 0.15) is 5.56 Å². The highest BCUT2D eigenvalue weighted by atomic mass is 35.5. The van der Waals surface area contributed by atoms with E-state index in [4.69, 9.17) is 22.1 Å². The van der Waals surface area contributed by atoms with Crippen LogP contribution in [0.5, 0.6) is 5.75 Å². The molecule has 3 aromatic rings. The van der Waals surface area contributed by atoms with E-state index in [0.717, 1.165) is 16.5 Å². The van der Waals surface area contributed by atoms with E-state index in [1.165, 1.54) is 18.2 Å². The zero-order valence-corrected chi connectivity index (χ0v) is 11.8. The average molecular weight is 303 g/mol. The number of rotatable bonds is 3. The van der Waals surface area contributed by atoms with Crippen LogP contribution in [0, 0.1) is 5.82 Å². The van der Waals surface area contributed by atoms with Crippen molar-refractivity contribution in [3.8, 4) is 5.75 Å². The summed E-state index contributed by atoms with van der Waals surface area (Å²) in [5.74, 6) is 0.0333. The fourth-order valence-corrected chi connectivity index (χ4v) is 2.27. The molecule has 0 unspecified atom stereocenters. The van der Waals surface area contributed by atoms with E-state index < -0.39 is 5.82 Å². The van der Waals surface area contributed by atoms with Crippen molar-refractivity contribution in [3.05, 3.63) is 65.1 Å². The van der Waals surface area contributed by atoms with Crippen molar-refractivity contribution >= 4 is 28.2 Å². The lowest BCUT2D eigenvalue weighted by molar-refractivity contribution is 0.307. The predicted molar refractivity (Wildman–Crippen MR) is 81.9 cm³/mol. The molecule has 0 fully saturated rings. The number of anilines is 1. The van der Waals surface area contributed by atoms with Gasteiger partial charge in [-0.25, -0.2) is 4.39 Å². The standard InChI is InChI=1S/C16H12ClFN2O/c17-13-8-11(4-5-14(13)18)21-9-10-3-6-15(19)12-2-1-7-20-16(10)12/h1-8H,9,19H2. The minimum atomic E-state index is -0.469. The highest BCUT2D eigenvalue weighted by Crippen LogP contribution is 2.25. The summed E-state index contributed by atoms with van der Waals surface area (Å²) in [7, 11) is 0. The molecule has 0 aliphatic rings. The van der Waals surface area contributed by atoms with Crippen molar-refractivity contribution in [1.82, 2.24) is 4.98 Å². The molecule has 0 spiro atoms. The Morgan fingerprint density at radius 2 is 2.05 bits per heavy atom. The minimum absolute atomic E-state index is 0.0350. The second-order valence-corrected chi connectivity index (χ2v) is 4.99. The first-order valence-electron chi connectivity index (χ1n) is 6.35. The molecule has 106 valence electrons. The minimum Gasteiger partial charge on any atom is -0.489 e. The average Bonchev–Trinajstić information content (AvgIpc) is 2.50. The van der Waals surface area contributed by atoms with E-state index in [9.17, 15) is 4.39 Å². The van der Waals surface area contributed by atoms with Gasteiger partial charge in [0, 0.05) is 28.9 Å². The van der Waals surface area contributed by atoms with Crippen LogP contribution < -0.4 is 10.5 Å². The van der Waals surface area contributed by atoms with Gasteiger partial charge >= 0.3 is 0 Å². The lowest BCUT2D eigenvalue weighted by Gasteiger charge is -2.10. The third kappa shape index (κ3) is 2.76. The normalized spacial score (nSPS) is 10.8. The maximum absolute atomic E-state index is 13.1. The van der Waals surface area contributed by atoms with Crippen molar-refractivity contribution in [2.24, 2.45) is 0 Å². The van der Waals surface area contributed by atoms with Crippen LogP contribution in [0.2, 0.25) is 5.02 Å². The van der Waals surface area contributed by atoms with Crippen molar-refractivity contribution in [2.75, 3.05) is 5.73 Å². The van der Waals surface area contributed by atoms with E-state index >= 15 is 0 Å². The Kier molecular flexibility index (Phi) is 3.62. The Morgan fingerprint density at radius 3 is 2.86 bits per heavy atom. The second-order valence-electron chi connectivity index (χ2n) is 4.58. The van der Waals surface area contributed by atoms with Crippen LogP contribution in [0.4, 0.5) is 10.1 Å². The van der Waals surface area contributed by atoms with E-state index in [2.05, 4.69) is 4.98 Å². The molecule has 0 amide bonds. The van der Waals surface area contributed by atoms with Crippen molar-refractivity contribution in [3.63, 3.8) is 0 Å². The molecule has 0 saturated carbocycles. The fourth-order valence-electron chi connectivity index (χ4n) is 2.10. The van der Waals surface area contributed by atoms with Gasteiger partial charge < -0.3 is 10.5 Å². The molecule has 5 heteroatoms. The first-order valence-corrected chi connectivity index (χ1v) is 6.73. The van der Waals surface area contributed by atoms with Gasteiger partial charge in [0.1, 0.15) is 18.2 Å². The number of aromatic nitrogens is 1. The SMILES string of the molecule is Nc1ccc(COc2ccc(F)c(Cl)c2)c2ncccc12. The van der Waals surface area contributed by atoms with Gasteiger partial charge in [0.05, 0.1) is 10.5 Å². The van der Waals surface area contributed by atoms with E-state index in [1.54, 1.807) is 6.20 Å². The molecule has 0 aliphatic heterocycles. The van der Waals surface area contributed by atoms with Crippen LogP contribution in [0.25, 0.3) is 10.9 Å². The van der Waals surface area contributed by atoms with Crippen molar-refractivity contribution < 1.29 is 9.13 Å². The van der Waals surface area contributed by atoms with Gasteiger partial charge in [-0.2, -0.15) is 0 Å². The smallest absolute Gasteiger partial charge is 0.142 e. The number of nitrogens with two attached hydrogens (primary N) is 1. The number of hydrogen-bond donors (Lipinski definition) is 1. The van der Waals surface area contributed by atoms with Crippen LogP contribution in [0.3, 0.4) is 0 Å². The molecule has 0 bridgehead atoms. The van der Waals surface area contributed by atoms with E-state index in [-0.39, 0.29) is 5.02 Å². The maximum Gasteiger partial charge on any atom is 0.142 e. The number of nitrogens with zero attached hydrogens (tertiary/aromatic N) is 1. The van der Waals surface area contributed by atoms with Crippen molar-refractivity contribution in [1.29, 1.82) is 0 Å². The molecule has 2 N–H and O–H groups in total. The van der Waals surface area contributed by atoms with Crippen molar-refractivity contribution in [2.45, 2.75) is 6.61 Å². The Bertz CT molecular complexity index is 807. The summed E-state index contributed by atoms with van der Waals surface area (Å²) in [6.07, 6.45) is 1.71. The molecule has 21 heavy (non-hydrogen) atoms. The van der Waals surface area contributed by atoms with Gasteiger partial charge in [-0.05, 0) is 30.3 Å². The molecule has 3 nitrogen and oxygen atoms in total. The summed E-state index contributed by atoms with van der Waals surface area (Å²) < 4.78 is 18.7. The molecule has 1 heterocycles. The predicted octanol–water partition coefficient (Wildman–Crippen LogP) is 4.19. The molecule has 1 aromatic heterocycles.